The van der Waals surface area contributed by atoms with Gasteiger partial charge in [-0.1, -0.05) is 89.7 Å². The van der Waals surface area contributed by atoms with E-state index in [1.165, 1.54) is 57.8 Å². The van der Waals surface area contributed by atoms with Gasteiger partial charge in [0.1, 0.15) is 28.7 Å². The predicted octanol–water partition coefficient (Wildman–Crippen LogP) is 9.99. The van der Waals surface area contributed by atoms with Gasteiger partial charge in [0.2, 0.25) is 0 Å². The van der Waals surface area contributed by atoms with Gasteiger partial charge in [-0.05, 0) is 72.6 Å². The third-order valence-electron chi connectivity index (χ3n) is 6.81. The Bertz CT molecular complexity index is 1080. The molecule has 1 unspecified atom stereocenters. The van der Waals surface area contributed by atoms with E-state index < -0.39 is 6.09 Å². The van der Waals surface area contributed by atoms with Gasteiger partial charge >= 0.3 is 6.09 Å². The second-order valence-corrected chi connectivity index (χ2v) is 10.1. The molecule has 0 saturated heterocycles. The van der Waals surface area contributed by atoms with E-state index in [9.17, 15) is 15.0 Å². The second-order valence-electron chi connectivity index (χ2n) is 10.1. The first-order valence-electron chi connectivity index (χ1n) is 14.4. The number of hydrogen-bond donors (Lipinski definition) is 3. The van der Waals surface area contributed by atoms with Crippen molar-refractivity contribution in [1.82, 2.24) is 5.32 Å². The van der Waals surface area contributed by atoms with E-state index in [0.29, 0.717) is 23.0 Å². The van der Waals surface area contributed by atoms with Crippen molar-refractivity contribution in [2.45, 2.75) is 90.0 Å². The minimum absolute atomic E-state index is 0.191. The van der Waals surface area contributed by atoms with Crippen LogP contribution in [0, 0.1) is 0 Å². The Balaban J connectivity index is 1.41. The molecule has 1 amide bonds. The van der Waals surface area contributed by atoms with Crippen LogP contribution in [0.1, 0.15) is 95.6 Å². The van der Waals surface area contributed by atoms with Gasteiger partial charge < -0.3 is 25.0 Å². The van der Waals surface area contributed by atoms with Crippen molar-refractivity contribution in [3.8, 4) is 28.7 Å². The highest BCUT2D eigenvalue weighted by molar-refractivity contribution is 5.65. The predicted molar refractivity (Wildman–Crippen MR) is 156 cm³/mol. The summed E-state index contributed by atoms with van der Waals surface area (Å²) in [4.78, 5) is 11.4. The van der Waals surface area contributed by atoms with Gasteiger partial charge in [-0.15, -0.1) is 0 Å². The molecule has 3 aromatic rings. The molecule has 0 aliphatic heterocycles. The molecule has 210 valence electrons. The first kappa shape index (κ1) is 29.9. The normalized spacial score (nSPS) is 11.6. The maximum absolute atomic E-state index is 11.4. The van der Waals surface area contributed by atoms with Crippen LogP contribution >= 0.6 is 0 Å². The van der Waals surface area contributed by atoms with Crippen LogP contribution in [0.15, 0.2) is 72.8 Å². The van der Waals surface area contributed by atoms with E-state index in [2.05, 4.69) is 12.2 Å². The van der Waals surface area contributed by atoms with Crippen LogP contribution in [0.25, 0.3) is 0 Å². The quantitative estimate of drug-likeness (QED) is 0.142. The molecule has 39 heavy (non-hydrogen) atoms. The molecule has 0 aliphatic rings. The lowest BCUT2D eigenvalue weighted by Crippen LogP contribution is -2.26. The highest BCUT2D eigenvalue weighted by Gasteiger charge is 2.14. The zero-order valence-corrected chi connectivity index (χ0v) is 23.1. The van der Waals surface area contributed by atoms with E-state index in [1.54, 1.807) is 24.3 Å². The number of benzene rings is 3. The summed E-state index contributed by atoms with van der Waals surface area (Å²) in [5.74, 6) is 2.83. The molecule has 0 spiro atoms. The van der Waals surface area contributed by atoms with Gasteiger partial charge in [-0.2, -0.15) is 0 Å². The lowest BCUT2D eigenvalue weighted by Gasteiger charge is -2.18. The van der Waals surface area contributed by atoms with Crippen LogP contribution in [0.2, 0.25) is 0 Å². The van der Waals surface area contributed by atoms with Crippen LogP contribution in [0.4, 0.5) is 4.79 Å². The Morgan fingerprint density at radius 1 is 0.641 bits per heavy atom. The highest BCUT2D eigenvalue weighted by Crippen LogP contribution is 2.29. The van der Waals surface area contributed by atoms with E-state index in [4.69, 9.17) is 9.47 Å². The van der Waals surface area contributed by atoms with Gasteiger partial charge in [0.15, 0.2) is 0 Å². The Morgan fingerprint density at radius 3 is 1.46 bits per heavy atom. The number of ether oxygens (including phenoxy) is 2. The van der Waals surface area contributed by atoms with Gasteiger partial charge in [0, 0.05) is 0 Å². The molecule has 3 rings (SSSR count). The number of phenolic OH excluding ortho intramolecular Hbond substituents is 1. The molecule has 1 atom stereocenters. The number of carboxylic acid groups (broad SMARTS) is 1. The number of aromatic hydroxyl groups is 1. The number of amides is 1. The topological polar surface area (TPSA) is 88.0 Å². The van der Waals surface area contributed by atoms with Crippen molar-refractivity contribution in [2.24, 2.45) is 0 Å². The van der Waals surface area contributed by atoms with Crippen LogP contribution in [-0.4, -0.2) is 16.3 Å². The average molecular weight is 534 g/mol. The fraction of sp³-hybridized carbons (Fsp3) is 0.424. The summed E-state index contributed by atoms with van der Waals surface area (Å²) >= 11 is 0. The molecule has 0 radical (unpaired) electrons. The first-order chi connectivity index (χ1) is 19.0. The Hall–Kier alpha value is -3.67. The maximum Gasteiger partial charge on any atom is 0.405 e. The molecule has 0 saturated carbocycles. The summed E-state index contributed by atoms with van der Waals surface area (Å²) in [6.07, 6.45) is 13.8. The molecule has 0 aliphatic carbocycles. The molecular weight excluding hydrogens is 490 g/mol. The lowest BCUT2D eigenvalue weighted by atomic mass is 9.99. The number of carbonyl (C=O) groups is 1. The fourth-order valence-electron chi connectivity index (χ4n) is 4.61. The standard InChI is InChI=1S/C33H43NO5/c1-2-3-4-5-6-7-8-9-10-11-12-13-32(34-33(36)37)26-14-18-28(19-15-26)38-30-22-24-31(25-23-30)39-29-20-16-27(35)17-21-29/h14-25,32,34-35H,2-13H2,1H3,(H,36,37). The van der Waals surface area contributed by atoms with Crippen LogP contribution in [-0.2, 0) is 0 Å². The number of unbranched alkanes of at least 4 members (excludes halogenated alkanes) is 10. The zero-order valence-electron chi connectivity index (χ0n) is 23.1. The summed E-state index contributed by atoms with van der Waals surface area (Å²) in [7, 11) is 0. The van der Waals surface area contributed by atoms with Crippen LogP contribution in [0.3, 0.4) is 0 Å². The zero-order chi connectivity index (χ0) is 27.7. The van der Waals surface area contributed by atoms with E-state index in [1.807, 2.05) is 48.5 Å². The molecule has 0 heterocycles. The third kappa shape index (κ3) is 11.7. The molecule has 0 fully saturated rings. The van der Waals surface area contributed by atoms with Crippen LogP contribution < -0.4 is 14.8 Å². The summed E-state index contributed by atoms with van der Waals surface area (Å²) < 4.78 is 11.7. The molecule has 3 aromatic carbocycles. The summed E-state index contributed by atoms with van der Waals surface area (Å²) in [5.41, 5.74) is 0.939. The van der Waals surface area contributed by atoms with Crippen molar-refractivity contribution in [3.63, 3.8) is 0 Å². The molecule has 0 aromatic heterocycles. The Morgan fingerprint density at radius 2 is 1.03 bits per heavy atom. The second kappa shape index (κ2) is 17.0. The minimum Gasteiger partial charge on any atom is -0.508 e. The SMILES string of the molecule is CCCCCCCCCCCCCC(NC(=O)O)c1ccc(Oc2ccc(Oc3ccc(O)cc3)cc2)cc1. The number of nitrogens with one attached hydrogen (secondary N) is 1. The Kier molecular flexibility index (Phi) is 13.0. The molecule has 0 bridgehead atoms. The van der Waals surface area contributed by atoms with Crippen molar-refractivity contribution >= 4 is 6.09 Å². The minimum atomic E-state index is -1.00. The van der Waals surface area contributed by atoms with Crippen molar-refractivity contribution in [3.05, 3.63) is 78.4 Å². The van der Waals surface area contributed by atoms with Crippen molar-refractivity contribution in [1.29, 1.82) is 0 Å². The smallest absolute Gasteiger partial charge is 0.405 e. The summed E-state index contributed by atoms with van der Waals surface area (Å²) in [6, 6.07) is 21.2. The lowest BCUT2D eigenvalue weighted by molar-refractivity contribution is 0.189. The van der Waals surface area contributed by atoms with Gasteiger partial charge in [-0.25, -0.2) is 4.79 Å². The monoisotopic (exact) mass is 533 g/mol. The summed E-state index contributed by atoms with van der Waals surface area (Å²) in [5, 5.41) is 21.4. The van der Waals surface area contributed by atoms with E-state index in [0.717, 1.165) is 24.8 Å². The first-order valence-corrected chi connectivity index (χ1v) is 14.4. The van der Waals surface area contributed by atoms with Gasteiger partial charge in [0.05, 0.1) is 6.04 Å². The van der Waals surface area contributed by atoms with E-state index in [-0.39, 0.29) is 11.8 Å². The molecular formula is C33H43NO5. The number of rotatable bonds is 18. The Labute approximate surface area is 233 Å². The maximum atomic E-state index is 11.4. The molecule has 6 nitrogen and oxygen atoms in total. The third-order valence-corrected chi connectivity index (χ3v) is 6.81. The van der Waals surface area contributed by atoms with Crippen molar-refractivity contribution < 1.29 is 24.5 Å². The largest absolute Gasteiger partial charge is 0.508 e. The number of hydrogen-bond acceptors (Lipinski definition) is 4. The van der Waals surface area contributed by atoms with Gasteiger partial charge in [0.25, 0.3) is 0 Å². The molecule has 6 heteroatoms. The van der Waals surface area contributed by atoms with Crippen molar-refractivity contribution in [2.75, 3.05) is 0 Å². The highest BCUT2D eigenvalue weighted by atomic mass is 16.5. The van der Waals surface area contributed by atoms with Gasteiger partial charge in [-0.3, -0.25) is 0 Å². The molecule has 3 N–H and O–H groups in total. The fourth-order valence-corrected chi connectivity index (χ4v) is 4.61. The van der Waals surface area contributed by atoms with E-state index >= 15 is 0 Å². The summed E-state index contributed by atoms with van der Waals surface area (Å²) in [6.45, 7) is 2.25. The van der Waals surface area contributed by atoms with Crippen LogP contribution in [0.5, 0.6) is 28.7 Å². The average Bonchev–Trinajstić information content (AvgIpc) is 2.93. The number of phenols is 1.